The SMILES string of the molecule is CC(C)(C)OC(=O)N1CCOC(c2ccc(Cl)c(Cl)c2)C(Oc2cccc(C(=O)O)n2)C1. The molecule has 0 radical (unpaired) electrons. The van der Waals surface area contributed by atoms with E-state index in [1.54, 1.807) is 45.0 Å². The molecule has 10 heteroatoms. The third-order valence-corrected chi connectivity index (χ3v) is 5.27. The van der Waals surface area contributed by atoms with Gasteiger partial charge >= 0.3 is 12.1 Å². The maximum Gasteiger partial charge on any atom is 0.410 e. The van der Waals surface area contributed by atoms with Gasteiger partial charge in [0, 0.05) is 12.6 Å². The molecule has 2 unspecified atom stereocenters. The lowest BCUT2D eigenvalue weighted by molar-refractivity contribution is -0.0121. The first-order chi connectivity index (χ1) is 15.0. The van der Waals surface area contributed by atoms with Crippen molar-refractivity contribution in [1.29, 1.82) is 0 Å². The van der Waals surface area contributed by atoms with Gasteiger partial charge in [-0.15, -0.1) is 0 Å². The Kier molecular flexibility index (Phi) is 7.48. The summed E-state index contributed by atoms with van der Waals surface area (Å²) in [5, 5.41) is 9.98. The van der Waals surface area contributed by atoms with Crippen molar-refractivity contribution in [2.75, 3.05) is 19.7 Å². The molecule has 0 aliphatic carbocycles. The molecule has 1 aromatic carbocycles. The predicted molar refractivity (Wildman–Crippen MR) is 119 cm³/mol. The Hall–Kier alpha value is -2.55. The van der Waals surface area contributed by atoms with Crippen LogP contribution in [0.25, 0.3) is 0 Å². The zero-order chi connectivity index (χ0) is 23.5. The molecule has 32 heavy (non-hydrogen) atoms. The minimum absolute atomic E-state index is 0.0922. The van der Waals surface area contributed by atoms with Gasteiger partial charge < -0.3 is 24.2 Å². The fourth-order valence-corrected chi connectivity index (χ4v) is 3.45. The molecule has 2 heterocycles. The topological polar surface area (TPSA) is 98.2 Å². The molecule has 3 rings (SSSR count). The summed E-state index contributed by atoms with van der Waals surface area (Å²) in [5.74, 6) is -1.08. The molecular weight excluding hydrogens is 459 g/mol. The molecule has 1 amide bonds. The molecule has 0 spiro atoms. The number of rotatable bonds is 4. The van der Waals surface area contributed by atoms with Gasteiger partial charge in [0.15, 0.2) is 5.69 Å². The van der Waals surface area contributed by atoms with Gasteiger partial charge in [0.2, 0.25) is 5.88 Å². The van der Waals surface area contributed by atoms with Gasteiger partial charge in [-0.3, -0.25) is 0 Å². The van der Waals surface area contributed by atoms with E-state index in [1.807, 2.05) is 0 Å². The zero-order valence-corrected chi connectivity index (χ0v) is 19.4. The number of carboxylic acids is 1. The minimum Gasteiger partial charge on any atom is -0.477 e. The molecule has 1 aliphatic rings. The van der Waals surface area contributed by atoms with Gasteiger partial charge in [-0.05, 0) is 44.5 Å². The second-order valence-electron chi connectivity index (χ2n) is 8.21. The number of aromatic carboxylic acids is 1. The van der Waals surface area contributed by atoms with Crippen molar-refractivity contribution < 1.29 is 28.9 Å². The number of nitrogens with zero attached hydrogens (tertiary/aromatic N) is 2. The molecule has 0 saturated carbocycles. The van der Waals surface area contributed by atoms with E-state index in [-0.39, 0.29) is 31.3 Å². The molecule has 8 nitrogen and oxygen atoms in total. The largest absolute Gasteiger partial charge is 0.477 e. The van der Waals surface area contributed by atoms with Crippen molar-refractivity contribution in [2.24, 2.45) is 0 Å². The number of benzene rings is 1. The summed E-state index contributed by atoms with van der Waals surface area (Å²) in [7, 11) is 0. The molecule has 2 atom stereocenters. The Labute approximate surface area is 196 Å². The molecule has 1 aromatic heterocycles. The number of hydrogen-bond donors (Lipinski definition) is 1. The molecule has 1 saturated heterocycles. The van der Waals surface area contributed by atoms with Gasteiger partial charge in [-0.1, -0.05) is 35.3 Å². The van der Waals surface area contributed by atoms with E-state index < -0.39 is 29.9 Å². The van der Waals surface area contributed by atoms with Crippen molar-refractivity contribution in [3.63, 3.8) is 0 Å². The smallest absolute Gasteiger partial charge is 0.410 e. The number of carbonyl (C=O) groups excluding carboxylic acids is 1. The molecule has 1 fully saturated rings. The summed E-state index contributed by atoms with van der Waals surface area (Å²) < 4.78 is 17.6. The highest BCUT2D eigenvalue weighted by atomic mass is 35.5. The Morgan fingerprint density at radius 2 is 1.94 bits per heavy atom. The zero-order valence-electron chi connectivity index (χ0n) is 17.9. The van der Waals surface area contributed by atoms with Crippen molar-refractivity contribution in [3.8, 4) is 5.88 Å². The van der Waals surface area contributed by atoms with Crippen LogP contribution in [-0.2, 0) is 9.47 Å². The second-order valence-corrected chi connectivity index (χ2v) is 9.03. The van der Waals surface area contributed by atoms with Crippen LogP contribution in [0.3, 0.4) is 0 Å². The first-order valence-electron chi connectivity index (χ1n) is 9.95. The number of amides is 1. The van der Waals surface area contributed by atoms with Crippen LogP contribution in [-0.4, -0.2) is 58.5 Å². The number of ether oxygens (including phenoxy) is 3. The van der Waals surface area contributed by atoms with Crippen LogP contribution in [0.5, 0.6) is 5.88 Å². The summed E-state index contributed by atoms with van der Waals surface area (Å²) >= 11 is 12.3. The third kappa shape index (κ3) is 6.25. The third-order valence-electron chi connectivity index (χ3n) is 4.54. The van der Waals surface area contributed by atoms with Crippen LogP contribution in [0.4, 0.5) is 4.79 Å². The van der Waals surface area contributed by atoms with Gasteiger partial charge in [0.05, 0.1) is 23.2 Å². The summed E-state index contributed by atoms with van der Waals surface area (Å²) in [6.45, 7) is 5.99. The normalized spacial score (nSPS) is 19.2. The molecule has 1 N–H and O–H groups in total. The highest BCUT2D eigenvalue weighted by Gasteiger charge is 2.35. The minimum atomic E-state index is -1.18. The lowest BCUT2D eigenvalue weighted by Gasteiger charge is -2.30. The quantitative estimate of drug-likeness (QED) is 0.665. The van der Waals surface area contributed by atoms with E-state index in [0.717, 1.165) is 0 Å². The van der Waals surface area contributed by atoms with E-state index in [4.69, 9.17) is 37.4 Å². The highest BCUT2D eigenvalue weighted by molar-refractivity contribution is 6.42. The standard InChI is InChI=1S/C22H24Cl2N2O6/c1-22(2,3)32-21(29)26-9-10-30-19(13-7-8-14(23)15(24)11-13)17(12-26)31-18-6-4-5-16(25-18)20(27)28/h4-8,11,17,19H,9-10,12H2,1-3H3,(H,27,28). The van der Waals surface area contributed by atoms with Gasteiger partial charge in [0.1, 0.15) is 17.8 Å². The van der Waals surface area contributed by atoms with Crippen molar-refractivity contribution in [2.45, 2.75) is 38.6 Å². The first kappa shape index (κ1) is 24.1. The lowest BCUT2D eigenvalue weighted by atomic mass is 10.0. The van der Waals surface area contributed by atoms with E-state index >= 15 is 0 Å². The Bertz CT molecular complexity index is 995. The van der Waals surface area contributed by atoms with Gasteiger partial charge in [0.25, 0.3) is 0 Å². The molecular formula is C22H24Cl2N2O6. The van der Waals surface area contributed by atoms with Crippen LogP contribution < -0.4 is 4.74 Å². The van der Waals surface area contributed by atoms with Crippen LogP contribution in [0, 0.1) is 0 Å². The average Bonchev–Trinajstić information content (AvgIpc) is 2.92. The van der Waals surface area contributed by atoms with Crippen LogP contribution >= 0.6 is 23.2 Å². The lowest BCUT2D eigenvalue weighted by Crippen LogP contribution is -2.43. The number of halogens is 2. The Balaban J connectivity index is 1.92. The maximum absolute atomic E-state index is 12.7. The highest BCUT2D eigenvalue weighted by Crippen LogP contribution is 2.32. The van der Waals surface area contributed by atoms with Crippen molar-refractivity contribution >= 4 is 35.3 Å². The molecule has 1 aliphatic heterocycles. The van der Waals surface area contributed by atoms with E-state index in [1.165, 1.54) is 17.0 Å². The number of carboxylic acid groups (broad SMARTS) is 1. The summed E-state index contributed by atoms with van der Waals surface area (Å²) in [5.41, 5.74) is -0.127. The summed E-state index contributed by atoms with van der Waals surface area (Å²) in [6.07, 6.45) is -1.84. The number of pyridine rings is 1. The second kappa shape index (κ2) is 9.94. The molecule has 2 aromatic rings. The first-order valence-corrected chi connectivity index (χ1v) is 10.7. The van der Waals surface area contributed by atoms with E-state index in [2.05, 4.69) is 4.98 Å². The van der Waals surface area contributed by atoms with E-state index in [9.17, 15) is 14.7 Å². The maximum atomic E-state index is 12.7. The number of hydrogen-bond acceptors (Lipinski definition) is 6. The van der Waals surface area contributed by atoms with Crippen LogP contribution in [0.2, 0.25) is 10.0 Å². The fraction of sp³-hybridized carbons (Fsp3) is 0.409. The Morgan fingerprint density at radius 1 is 1.19 bits per heavy atom. The molecule has 172 valence electrons. The number of aromatic nitrogens is 1. The van der Waals surface area contributed by atoms with Gasteiger partial charge in [-0.2, -0.15) is 0 Å². The van der Waals surface area contributed by atoms with Crippen molar-refractivity contribution in [3.05, 3.63) is 57.7 Å². The van der Waals surface area contributed by atoms with E-state index in [0.29, 0.717) is 15.6 Å². The monoisotopic (exact) mass is 482 g/mol. The summed E-state index contributed by atoms with van der Waals surface area (Å²) in [4.78, 5) is 29.5. The van der Waals surface area contributed by atoms with Crippen molar-refractivity contribution in [1.82, 2.24) is 9.88 Å². The summed E-state index contributed by atoms with van der Waals surface area (Å²) in [6, 6.07) is 9.53. The van der Waals surface area contributed by atoms with Crippen LogP contribution in [0.15, 0.2) is 36.4 Å². The fourth-order valence-electron chi connectivity index (χ4n) is 3.15. The predicted octanol–water partition coefficient (Wildman–Crippen LogP) is 4.84. The molecule has 0 bridgehead atoms. The Morgan fingerprint density at radius 3 is 2.59 bits per heavy atom. The average molecular weight is 483 g/mol. The van der Waals surface area contributed by atoms with Gasteiger partial charge in [-0.25, -0.2) is 14.6 Å². The number of carbonyl (C=O) groups is 2. The van der Waals surface area contributed by atoms with Crippen LogP contribution in [0.1, 0.15) is 42.9 Å².